The van der Waals surface area contributed by atoms with Crippen LogP contribution >= 0.6 is 0 Å². The van der Waals surface area contributed by atoms with Crippen molar-refractivity contribution < 1.29 is 23.9 Å². The molecule has 0 saturated heterocycles. The molecule has 0 radical (unpaired) electrons. The van der Waals surface area contributed by atoms with Crippen LogP contribution in [0.4, 0.5) is 4.79 Å². The van der Waals surface area contributed by atoms with E-state index in [0.29, 0.717) is 5.56 Å². The highest BCUT2D eigenvalue weighted by Crippen LogP contribution is 2.25. The molecule has 0 heterocycles. The lowest BCUT2D eigenvalue weighted by molar-refractivity contribution is -0.139. The topological polar surface area (TPSA) is 131 Å². The summed E-state index contributed by atoms with van der Waals surface area (Å²) in [5.41, 5.74) is 6.74. The Morgan fingerprint density at radius 3 is 2.09 bits per heavy atom. The van der Waals surface area contributed by atoms with Gasteiger partial charge in [-0.1, -0.05) is 35.7 Å². The van der Waals surface area contributed by atoms with Gasteiger partial charge in [-0.3, -0.25) is 19.3 Å². The number of primary amides is 1. The third kappa shape index (κ3) is 9.14. The van der Waals surface area contributed by atoms with Gasteiger partial charge in [0.2, 0.25) is 11.8 Å². The number of hydrogen-bond donors (Lipinski definition) is 3. The fraction of sp³-hybridized carbons (Fsp3) is 0.520. The fourth-order valence-corrected chi connectivity index (χ4v) is 3.38. The van der Waals surface area contributed by atoms with Crippen LogP contribution in [0.1, 0.15) is 70.2 Å². The summed E-state index contributed by atoms with van der Waals surface area (Å²) in [6, 6.07) is 5.17. The third-order valence-electron chi connectivity index (χ3n) is 4.54. The molecule has 0 saturated carbocycles. The first-order chi connectivity index (χ1) is 15.6. The Kier molecular flexibility index (Phi) is 10.1. The molecule has 0 fully saturated rings. The summed E-state index contributed by atoms with van der Waals surface area (Å²) in [5, 5.41) is 5.26. The number of amides is 4. The van der Waals surface area contributed by atoms with E-state index in [9.17, 15) is 19.2 Å². The molecule has 34 heavy (non-hydrogen) atoms. The predicted molar refractivity (Wildman–Crippen MR) is 129 cm³/mol. The molecule has 186 valence electrons. The zero-order chi connectivity index (χ0) is 26.2. The van der Waals surface area contributed by atoms with Gasteiger partial charge in [-0.15, -0.1) is 0 Å². The molecule has 9 heteroatoms. The van der Waals surface area contributed by atoms with Gasteiger partial charge in [0.1, 0.15) is 17.7 Å². The van der Waals surface area contributed by atoms with E-state index in [1.165, 1.54) is 0 Å². The minimum Gasteiger partial charge on any atom is -0.444 e. The smallest absolute Gasteiger partial charge is 0.408 e. The first-order valence-corrected chi connectivity index (χ1v) is 11.1. The van der Waals surface area contributed by atoms with Gasteiger partial charge < -0.3 is 21.1 Å². The Bertz CT molecular complexity index is 939. The molecule has 2 atom stereocenters. The summed E-state index contributed by atoms with van der Waals surface area (Å²) >= 11 is 0. The zero-order valence-electron chi connectivity index (χ0n) is 21.0. The summed E-state index contributed by atoms with van der Waals surface area (Å²) < 4.78 is 5.25. The van der Waals surface area contributed by atoms with E-state index in [0.717, 1.165) is 16.0 Å². The van der Waals surface area contributed by atoms with Gasteiger partial charge >= 0.3 is 6.09 Å². The lowest BCUT2D eigenvalue weighted by Gasteiger charge is -2.31. The van der Waals surface area contributed by atoms with Crippen LogP contribution < -0.4 is 16.4 Å². The first kappa shape index (κ1) is 28.5. The average molecular weight is 473 g/mol. The van der Waals surface area contributed by atoms with Crippen molar-refractivity contribution in [3.05, 3.63) is 34.9 Å². The van der Waals surface area contributed by atoms with E-state index < -0.39 is 41.5 Å². The fourth-order valence-electron chi connectivity index (χ4n) is 3.38. The predicted octanol–water partition coefficient (Wildman–Crippen LogP) is 2.45. The van der Waals surface area contributed by atoms with E-state index in [-0.39, 0.29) is 18.9 Å². The second-order valence-electron chi connectivity index (χ2n) is 9.53. The summed E-state index contributed by atoms with van der Waals surface area (Å²) in [5.74, 6) is -1.87. The molecule has 1 rings (SSSR count). The normalized spacial score (nSPS) is 12.8. The number of benzene rings is 1. The van der Waals surface area contributed by atoms with Gasteiger partial charge in [-0.2, -0.15) is 0 Å². The highest BCUT2D eigenvalue weighted by atomic mass is 16.6. The Morgan fingerprint density at radius 2 is 1.65 bits per heavy atom. The molecule has 4 N–H and O–H groups in total. The summed E-state index contributed by atoms with van der Waals surface area (Å²) in [4.78, 5) is 51.5. The summed E-state index contributed by atoms with van der Waals surface area (Å²) in [6.07, 6.45) is 4.57. The number of terminal acetylenes is 1. The number of rotatable bonds is 9. The van der Waals surface area contributed by atoms with Gasteiger partial charge in [0.05, 0.1) is 0 Å². The van der Waals surface area contributed by atoms with Crippen molar-refractivity contribution in [1.82, 2.24) is 15.5 Å². The first-order valence-electron chi connectivity index (χ1n) is 11.1. The van der Waals surface area contributed by atoms with E-state index in [4.69, 9.17) is 16.9 Å². The van der Waals surface area contributed by atoms with Crippen LogP contribution in [0.5, 0.6) is 0 Å². The second-order valence-corrected chi connectivity index (χ2v) is 9.53. The summed E-state index contributed by atoms with van der Waals surface area (Å²) in [6.45, 7) is 12.3. The third-order valence-corrected chi connectivity index (χ3v) is 4.54. The monoisotopic (exact) mass is 472 g/mol. The number of alkyl carbamates (subject to hydrolysis) is 1. The number of carbonyl (C=O) groups excluding carboxylic acids is 4. The number of nitrogens with two attached hydrogens (primary N) is 1. The number of aryl methyl sites for hydroxylation is 2. The zero-order valence-corrected chi connectivity index (χ0v) is 21.0. The van der Waals surface area contributed by atoms with E-state index in [2.05, 4.69) is 16.7 Å². The van der Waals surface area contributed by atoms with Crippen molar-refractivity contribution in [2.24, 2.45) is 5.73 Å². The van der Waals surface area contributed by atoms with Crippen molar-refractivity contribution in [2.45, 2.75) is 85.0 Å². The Balaban J connectivity index is 3.43. The molecule has 2 unspecified atom stereocenters. The van der Waals surface area contributed by atoms with Crippen LogP contribution in [0, 0.1) is 26.3 Å². The molecule has 0 spiro atoms. The number of nitrogens with zero attached hydrogens (tertiary/aromatic N) is 1. The van der Waals surface area contributed by atoms with E-state index in [1.54, 1.807) is 46.8 Å². The van der Waals surface area contributed by atoms with Crippen LogP contribution in [0.15, 0.2) is 18.2 Å². The highest BCUT2D eigenvalue weighted by molar-refractivity contribution is 5.93. The van der Waals surface area contributed by atoms with Gasteiger partial charge in [0.15, 0.2) is 0 Å². The maximum Gasteiger partial charge on any atom is 0.408 e. The van der Waals surface area contributed by atoms with Gasteiger partial charge in [0, 0.05) is 18.5 Å². The average Bonchev–Trinajstić information content (AvgIpc) is 2.65. The molecule has 1 aromatic carbocycles. The molecule has 0 aliphatic heterocycles. The maximum absolute atomic E-state index is 13.5. The van der Waals surface area contributed by atoms with Crippen molar-refractivity contribution in [3.63, 3.8) is 0 Å². The highest BCUT2D eigenvalue weighted by Gasteiger charge is 2.36. The van der Waals surface area contributed by atoms with Crippen molar-refractivity contribution in [3.8, 4) is 12.5 Å². The molecule has 0 aliphatic carbocycles. The Labute approximate surface area is 201 Å². The Morgan fingerprint density at radius 1 is 1.09 bits per heavy atom. The number of ether oxygens (including phenoxy) is 1. The van der Waals surface area contributed by atoms with E-state index >= 15 is 0 Å². The van der Waals surface area contributed by atoms with Crippen LogP contribution in [-0.4, -0.2) is 46.4 Å². The van der Waals surface area contributed by atoms with Gasteiger partial charge in [0.25, 0.3) is 5.91 Å². The van der Waals surface area contributed by atoms with Crippen LogP contribution in [0.3, 0.4) is 0 Å². The largest absolute Gasteiger partial charge is 0.444 e. The van der Waals surface area contributed by atoms with Crippen molar-refractivity contribution >= 4 is 23.8 Å². The minimum atomic E-state index is -1.24. The molecule has 0 aliphatic rings. The number of carbonyl (C=O) groups is 4. The van der Waals surface area contributed by atoms with Crippen molar-refractivity contribution in [2.75, 3.05) is 0 Å². The SMILES string of the molecule is C#CN(C(=O)C(CCC(N)=O)NC(=O)OC(C)(C)C)C(C(=O)NC(C)C)c1cc(C)cc(C)c1. The lowest BCUT2D eigenvalue weighted by atomic mass is 9.98. The summed E-state index contributed by atoms with van der Waals surface area (Å²) in [7, 11) is 0. The standard InChI is InChI=1S/C25H36N4O5/c1-9-29(21(22(31)27-15(2)3)18-13-16(4)12-17(5)14-18)23(32)19(10-11-20(26)30)28-24(33)34-25(6,7)8/h1,12-15,19,21H,10-11H2,2-8H3,(H2,26,30)(H,27,31)(H,28,33). The molecule has 9 nitrogen and oxygen atoms in total. The van der Waals surface area contributed by atoms with Crippen molar-refractivity contribution in [1.29, 1.82) is 0 Å². The number of hydrogen-bond acceptors (Lipinski definition) is 5. The van der Waals surface area contributed by atoms with E-state index in [1.807, 2.05) is 19.9 Å². The number of nitrogens with one attached hydrogen (secondary N) is 2. The minimum absolute atomic E-state index is 0.114. The molecule has 0 bridgehead atoms. The van der Waals surface area contributed by atoms with Gasteiger partial charge in [-0.05, 0) is 60.5 Å². The maximum atomic E-state index is 13.5. The molecule has 0 aromatic heterocycles. The molecular weight excluding hydrogens is 436 g/mol. The second kappa shape index (κ2) is 12.1. The molecule has 1 aromatic rings. The lowest BCUT2D eigenvalue weighted by Crippen LogP contribution is -2.52. The Hall–Kier alpha value is -3.54. The molecule has 4 amide bonds. The van der Waals surface area contributed by atoms with Crippen LogP contribution in [-0.2, 0) is 19.1 Å². The van der Waals surface area contributed by atoms with Crippen LogP contribution in [0.25, 0.3) is 0 Å². The van der Waals surface area contributed by atoms with Crippen LogP contribution in [0.2, 0.25) is 0 Å². The van der Waals surface area contributed by atoms with Gasteiger partial charge in [-0.25, -0.2) is 4.79 Å². The molecular formula is C25H36N4O5. The quantitative estimate of drug-likeness (QED) is 0.375.